The zero-order valence-corrected chi connectivity index (χ0v) is 12.8. The minimum absolute atomic E-state index is 0.257. The van der Waals surface area contributed by atoms with Crippen molar-refractivity contribution in [1.82, 2.24) is 9.80 Å². The molecule has 3 rings (SSSR count). The van der Waals surface area contributed by atoms with Gasteiger partial charge in [0.25, 0.3) is 0 Å². The lowest BCUT2D eigenvalue weighted by molar-refractivity contribution is 0.0332. The molecule has 0 bridgehead atoms. The number of aromatic hydroxyl groups is 2. The number of hydrogen-bond donors (Lipinski definition) is 2. The molecule has 2 N–H and O–H groups in total. The Hall–Kier alpha value is -1.34. The fourth-order valence-corrected chi connectivity index (χ4v) is 2.92. The average Bonchev–Trinajstić information content (AvgIpc) is 2.54. The third kappa shape index (κ3) is 3.89. The third-order valence-electron chi connectivity index (χ3n) is 4.28. The predicted molar refractivity (Wildman–Crippen MR) is 82.0 cm³/mol. The second-order valence-corrected chi connectivity index (χ2v) is 5.89. The molecule has 0 aliphatic carbocycles. The summed E-state index contributed by atoms with van der Waals surface area (Å²) in [6.45, 7) is 7.60. The van der Waals surface area contributed by atoms with Gasteiger partial charge in [0, 0.05) is 50.4 Å². The molecule has 2 heterocycles. The largest absolute Gasteiger partial charge is 0.508 e. The van der Waals surface area contributed by atoms with E-state index in [1.165, 1.54) is 0 Å². The second-order valence-electron chi connectivity index (χ2n) is 5.89. The van der Waals surface area contributed by atoms with E-state index in [-0.39, 0.29) is 11.5 Å². The van der Waals surface area contributed by atoms with Gasteiger partial charge in [-0.25, -0.2) is 0 Å². The van der Waals surface area contributed by atoms with Crippen LogP contribution in [0.2, 0.25) is 0 Å². The molecular formula is C16H24N2O4. The van der Waals surface area contributed by atoms with Gasteiger partial charge in [0.1, 0.15) is 11.5 Å². The standard InChI is InChI=1S/C16H24N2O4/c19-15-10-14(12-18-3-7-22-8-4-18)16(20)9-13(15)11-17-1-5-21-6-2-17/h9-10,19-20H,1-8,11-12H2. The summed E-state index contributed by atoms with van der Waals surface area (Å²) in [6.07, 6.45) is 0. The molecule has 0 atom stereocenters. The van der Waals surface area contributed by atoms with E-state index in [0.29, 0.717) is 13.1 Å². The summed E-state index contributed by atoms with van der Waals surface area (Å²) in [5.41, 5.74) is 1.54. The average molecular weight is 308 g/mol. The molecule has 0 radical (unpaired) electrons. The lowest BCUT2D eigenvalue weighted by Gasteiger charge is -2.28. The van der Waals surface area contributed by atoms with E-state index in [9.17, 15) is 10.2 Å². The maximum absolute atomic E-state index is 10.3. The van der Waals surface area contributed by atoms with E-state index < -0.39 is 0 Å². The number of ether oxygens (including phenoxy) is 2. The van der Waals surface area contributed by atoms with Crippen LogP contribution in [0, 0.1) is 0 Å². The van der Waals surface area contributed by atoms with Crippen LogP contribution in [-0.4, -0.2) is 72.6 Å². The molecule has 1 aromatic rings. The van der Waals surface area contributed by atoms with Gasteiger partial charge in [-0.15, -0.1) is 0 Å². The van der Waals surface area contributed by atoms with Crippen LogP contribution in [0.4, 0.5) is 0 Å². The van der Waals surface area contributed by atoms with Crippen molar-refractivity contribution in [1.29, 1.82) is 0 Å². The smallest absolute Gasteiger partial charge is 0.120 e. The molecule has 6 heteroatoms. The van der Waals surface area contributed by atoms with Gasteiger partial charge in [-0.05, 0) is 12.1 Å². The normalized spacial score (nSPS) is 21.1. The second kappa shape index (κ2) is 7.28. The fourth-order valence-electron chi connectivity index (χ4n) is 2.92. The molecular weight excluding hydrogens is 284 g/mol. The molecule has 2 fully saturated rings. The molecule has 0 aromatic heterocycles. The molecule has 0 amide bonds. The van der Waals surface area contributed by atoms with E-state index in [0.717, 1.165) is 63.7 Å². The first-order chi connectivity index (χ1) is 10.7. The SMILES string of the molecule is Oc1cc(CN2CCOCC2)c(O)cc1CN1CCOCC1. The number of nitrogens with zero attached hydrogens (tertiary/aromatic N) is 2. The minimum Gasteiger partial charge on any atom is -0.508 e. The first kappa shape index (κ1) is 15.6. The molecule has 0 spiro atoms. The Balaban J connectivity index is 1.67. The van der Waals surface area contributed by atoms with Crippen molar-refractivity contribution < 1.29 is 19.7 Å². The maximum Gasteiger partial charge on any atom is 0.120 e. The van der Waals surface area contributed by atoms with Crippen molar-refractivity contribution >= 4 is 0 Å². The van der Waals surface area contributed by atoms with Crippen LogP contribution >= 0.6 is 0 Å². The number of benzene rings is 1. The Bertz CT molecular complexity index is 451. The van der Waals surface area contributed by atoms with Gasteiger partial charge >= 0.3 is 0 Å². The van der Waals surface area contributed by atoms with Crippen LogP contribution in [0.25, 0.3) is 0 Å². The van der Waals surface area contributed by atoms with Crippen molar-refractivity contribution in [2.24, 2.45) is 0 Å². The van der Waals surface area contributed by atoms with Gasteiger partial charge in [-0.2, -0.15) is 0 Å². The van der Waals surface area contributed by atoms with Crippen LogP contribution in [0.5, 0.6) is 11.5 Å². The van der Waals surface area contributed by atoms with Crippen LogP contribution < -0.4 is 0 Å². The number of hydrogen-bond acceptors (Lipinski definition) is 6. The number of phenols is 2. The first-order valence-electron chi connectivity index (χ1n) is 7.86. The monoisotopic (exact) mass is 308 g/mol. The highest BCUT2D eigenvalue weighted by molar-refractivity contribution is 5.45. The summed E-state index contributed by atoms with van der Waals surface area (Å²) in [6, 6.07) is 3.39. The van der Waals surface area contributed by atoms with Gasteiger partial charge in [0.15, 0.2) is 0 Å². The van der Waals surface area contributed by atoms with Crippen LogP contribution in [0.15, 0.2) is 12.1 Å². The van der Waals surface area contributed by atoms with E-state index in [1.54, 1.807) is 12.1 Å². The van der Waals surface area contributed by atoms with Gasteiger partial charge in [-0.1, -0.05) is 0 Å². The quantitative estimate of drug-likeness (QED) is 0.801. The van der Waals surface area contributed by atoms with Crippen molar-refractivity contribution in [3.05, 3.63) is 23.3 Å². The summed E-state index contributed by atoms with van der Waals surface area (Å²) in [7, 11) is 0. The van der Waals surface area contributed by atoms with Gasteiger partial charge < -0.3 is 19.7 Å². The molecule has 1 aromatic carbocycles. The first-order valence-corrected chi connectivity index (χ1v) is 7.86. The number of phenolic OH excluding ortho intramolecular Hbond substituents is 2. The Morgan fingerprint density at radius 1 is 0.727 bits per heavy atom. The lowest BCUT2D eigenvalue weighted by atomic mass is 10.1. The highest BCUT2D eigenvalue weighted by Crippen LogP contribution is 2.29. The summed E-state index contributed by atoms with van der Waals surface area (Å²) in [5.74, 6) is 0.514. The zero-order valence-electron chi connectivity index (χ0n) is 12.8. The molecule has 6 nitrogen and oxygen atoms in total. The van der Waals surface area contributed by atoms with E-state index >= 15 is 0 Å². The molecule has 2 aliphatic rings. The Kier molecular flexibility index (Phi) is 5.15. The number of morpholine rings is 2. The summed E-state index contributed by atoms with van der Waals surface area (Å²) < 4.78 is 10.7. The molecule has 0 saturated carbocycles. The minimum atomic E-state index is 0.257. The van der Waals surface area contributed by atoms with Crippen molar-refractivity contribution in [3.63, 3.8) is 0 Å². The molecule has 2 aliphatic heterocycles. The van der Waals surface area contributed by atoms with Crippen molar-refractivity contribution in [3.8, 4) is 11.5 Å². The van der Waals surface area contributed by atoms with Gasteiger partial charge in [-0.3, -0.25) is 9.80 Å². The van der Waals surface area contributed by atoms with Crippen LogP contribution in [-0.2, 0) is 22.6 Å². The summed E-state index contributed by atoms with van der Waals surface area (Å²) in [4.78, 5) is 4.44. The lowest BCUT2D eigenvalue weighted by Crippen LogP contribution is -2.36. The highest BCUT2D eigenvalue weighted by atomic mass is 16.5. The highest BCUT2D eigenvalue weighted by Gasteiger charge is 2.17. The molecule has 22 heavy (non-hydrogen) atoms. The Labute approximate surface area is 130 Å². The predicted octanol–water partition coefficient (Wildman–Crippen LogP) is 0.762. The molecule has 0 unspecified atom stereocenters. The van der Waals surface area contributed by atoms with Gasteiger partial charge in [0.05, 0.1) is 26.4 Å². The van der Waals surface area contributed by atoms with E-state index in [1.807, 2.05) is 0 Å². The maximum atomic E-state index is 10.3. The number of rotatable bonds is 4. The van der Waals surface area contributed by atoms with Crippen molar-refractivity contribution in [2.45, 2.75) is 13.1 Å². The van der Waals surface area contributed by atoms with Crippen LogP contribution in [0.1, 0.15) is 11.1 Å². The summed E-state index contributed by atoms with van der Waals surface area (Å²) >= 11 is 0. The summed E-state index contributed by atoms with van der Waals surface area (Å²) in [5, 5.41) is 20.5. The third-order valence-corrected chi connectivity index (χ3v) is 4.28. The van der Waals surface area contributed by atoms with E-state index in [2.05, 4.69) is 9.80 Å². The Morgan fingerprint density at radius 3 is 1.45 bits per heavy atom. The topological polar surface area (TPSA) is 65.4 Å². The fraction of sp³-hybridized carbons (Fsp3) is 0.625. The van der Waals surface area contributed by atoms with Crippen LogP contribution in [0.3, 0.4) is 0 Å². The van der Waals surface area contributed by atoms with Crippen molar-refractivity contribution in [2.75, 3.05) is 52.6 Å². The molecule has 122 valence electrons. The zero-order chi connectivity index (χ0) is 15.4. The Morgan fingerprint density at radius 2 is 1.09 bits per heavy atom. The van der Waals surface area contributed by atoms with Gasteiger partial charge in [0.2, 0.25) is 0 Å². The molecule has 2 saturated heterocycles. The van der Waals surface area contributed by atoms with E-state index in [4.69, 9.17) is 9.47 Å².